The minimum atomic E-state index is -1.51. The number of carbonyl (C=O) groups excluding carboxylic acids is 2. The van der Waals surface area contributed by atoms with Gasteiger partial charge in [0.15, 0.2) is 6.10 Å². The highest BCUT2D eigenvalue weighted by Gasteiger charge is 2.25. The largest absolute Gasteiger partial charge is 0.477 e. The summed E-state index contributed by atoms with van der Waals surface area (Å²) in [5, 5.41) is 9.70. The summed E-state index contributed by atoms with van der Waals surface area (Å²) in [5.41, 5.74) is 0. The average molecular weight is 978 g/mol. The number of likely N-dealkylation sites (N-methyl/N-ethyl adjacent to an activating group) is 1. The summed E-state index contributed by atoms with van der Waals surface area (Å²) >= 11 is 0. The zero-order chi connectivity index (χ0) is 50.6. The van der Waals surface area contributed by atoms with E-state index in [2.05, 4.69) is 38.2 Å². The van der Waals surface area contributed by atoms with E-state index >= 15 is 0 Å². The van der Waals surface area contributed by atoms with E-state index < -0.39 is 24.3 Å². The first-order chi connectivity index (χ1) is 33.6. The quantitative estimate of drug-likeness (QED) is 0.0211. The Morgan fingerprint density at radius 1 is 0.435 bits per heavy atom. The van der Waals surface area contributed by atoms with E-state index in [4.69, 9.17) is 18.9 Å². The number of carboxylic acids is 1. The number of carbonyl (C=O) groups is 3. The molecule has 406 valence electrons. The molecule has 0 radical (unpaired) electrons. The SMILES string of the molecule is CCCCCCC/C=C\C/C=C\CCCCCCCCCCCCCC(=O)OC(COC(=O)CCCCCCCCCCCCCCCCCCCCCCC)COC(OCC[N+](C)(C)C)C(=O)O. The van der Waals surface area contributed by atoms with E-state index in [1.165, 1.54) is 212 Å². The zero-order valence-corrected chi connectivity index (χ0v) is 46.2. The lowest BCUT2D eigenvalue weighted by atomic mass is 10.0. The Morgan fingerprint density at radius 3 is 1.14 bits per heavy atom. The van der Waals surface area contributed by atoms with Crippen molar-refractivity contribution in [3.05, 3.63) is 24.3 Å². The molecule has 69 heavy (non-hydrogen) atoms. The van der Waals surface area contributed by atoms with Gasteiger partial charge in [-0.3, -0.25) is 9.59 Å². The number of allylic oxidation sites excluding steroid dienone is 4. The van der Waals surface area contributed by atoms with Crippen molar-refractivity contribution in [1.29, 1.82) is 0 Å². The first kappa shape index (κ1) is 66.8. The van der Waals surface area contributed by atoms with E-state index in [1.54, 1.807) is 0 Å². The molecule has 0 saturated heterocycles. The van der Waals surface area contributed by atoms with Crippen molar-refractivity contribution in [2.24, 2.45) is 0 Å². The second kappa shape index (κ2) is 52.1. The van der Waals surface area contributed by atoms with E-state index in [0.29, 0.717) is 17.4 Å². The molecule has 0 amide bonds. The van der Waals surface area contributed by atoms with Crippen LogP contribution in [0.25, 0.3) is 0 Å². The lowest BCUT2D eigenvalue weighted by Crippen LogP contribution is -2.40. The highest BCUT2D eigenvalue weighted by atomic mass is 16.7. The highest BCUT2D eigenvalue weighted by molar-refractivity contribution is 5.71. The van der Waals surface area contributed by atoms with Crippen molar-refractivity contribution in [2.45, 2.75) is 296 Å². The highest BCUT2D eigenvalue weighted by Crippen LogP contribution is 2.17. The first-order valence-corrected chi connectivity index (χ1v) is 29.5. The van der Waals surface area contributed by atoms with Crippen molar-refractivity contribution in [3.8, 4) is 0 Å². The zero-order valence-electron chi connectivity index (χ0n) is 46.2. The lowest BCUT2D eigenvalue weighted by Gasteiger charge is -2.25. The third-order valence-corrected chi connectivity index (χ3v) is 13.2. The Hall–Kier alpha value is -2.23. The van der Waals surface area contributed by atoms with E-state index in [0.717, 1.165) is 44.9 Å². The molecule has 0 aromatic rings. The topological polar surface area (TPSA) is 108 Å². The first-order valence-electron chi connectivity index (χ1n) is 29.5. The van der Waals surface area contributed by atoms with Gasteiger partial charge < -0.3 is 28.5 Å². The van der Waals surface area contributed by atoms with Crippen LogP contribution in [0.2, 0.25) is 0 Å². The van der Waals surface area contributed by atoms with E-state index in [1.807, 2.05) is 21.1 Å². The smallest absolute Gasteiger partial charge is 0.361 e. The summed E-state index contributed by atoms with van der Waals surface area (Å²) in [6, 6.07) is 0. The molecule has 2 atom stereocenters. The molecule has 0 heterocycles. The number of ether oxygens (including phenoxy) is 4. The fourth-order valence-corrected chi connectivity index (χ4v) is 8.63. The number of rotatable bonds is 55. The standard InChI is InChI=1S/C60H113NO8/c1-6-8-10-12-14-16-18-20-22-24-26-28-29-31-33-35-37-39-41-43-45-47-49-51-58(63)69-56(55-68-60(59(64)65)66-53-52-61(3,4)5)54-67-57(62)50-48-46-44-42-40-38-36-34-32-30-27-25-23-21-19-17-15-13-11-9-7-2/h18,20,24,26,56,60H,6-17,19,21-23,25,27-55H2,1-5H3/p+1/b20-18-,26-24-. The van der Waals surface area contributed by atoms with Crippen LogP contribution in [0.4, 0.5) is 0 Å². The number of nitrogens with zero attached hydrogens (tertiary/aromatic N) is 1. The van der Waals surface area contributed by atoms with Crippen LogP contribution in [0.5, 0.6) is 0 Å². The van der Waals surface area contributed by atoms with Gasteiger partial charge in [-0.15, -0.1) is 0 Å². The molecular weight excluding hydrogens is 863 g/mol. The van der Waals surface area contributed by atoms with Gasteiger partial charge in [0.1, 0.15) is 13.2 Å². The predicted molar refractivity (Wildman–Crippen MR) is 291 cm³/mol. The minimum absolute atomic E-state index is 0.177. The van der Waals surface area contributed by atoms with Crippen molar-refractivity contribution < 1.29 is 42.9 Å². The fraction of sp³-hybridized carbons (Fsp3) is 0.883. The Bertz CT molecular complexity index is 1180. The van der Waals surface area contributed by atoms with Gasteiger partial charge in [-0.2, -0.15) is 0 Å². The van der Waals surface area contributed by atoms with Crippen LogP contribution >= 0.6 is 0 Å². The predicted octanol–water partition coefficient (Wildman–Crippen LogP) is 17.1. The van der Waals surface area contributed by atoms with Crippen molar-refractivity contribution in [1.82, 2.24) is 0 Å². The van der Waals surface area contributed by atoms with Gasteiger partial charge >= 0.3 is 17.9 Å². The third-order valence-electron chi connectivity index (χ3n) is 13.2. The monoisotopic (exact) mass is 977 g/mol. The summed E-state index contributed by atoms with van der Waals surface area (Å²) in [5.74, 6) is -1.99. The maximum atomic E-state index is 12.9. The second-order valence-electron chi connectivity index (χ2n) is 21.3. The molecule has 1 N–H and O–H groups in total. The number of hydrogen-bond donors (Lipinski definition) is 1. The summed E-state index contributed by atoms with van der Waals surface area (Å²) in [6.07, 6.45) is 58.2. The Kier molecular flexibility index (Phi) is 50.4. The summed E-state index contributed by atoms with van der Waals surface area (Å²) in [6.45, 7) is 4.92. The second-order valence-corrected chi connectivity index (χ2v) is 21.3. The number of hydrogen-bond acceptors (Lipinski definition) is 7. The molecule has 0 saturated carbocycles. The molecule has 2 unspecified atom stereocenters. The molecule has 0 aromatic heterocycles. The minimum Gasteiger partial charge on any atom is -0.477 e. The number of unbranched alkanes of at least 4 members (excludes halogenated alkanes) is 36. The van der Waals surface area contributed by atoms with E-state index in [-0.39, 0.29) is 32.2 Å². The normalized spacial score (nSPS) is 12.9. The van der Waals surface area contributed by atoms with Crippen LogP contribution in [0, 0.1) is 0 Å². The van der Waals surface area contributed by atoms with Gasteiger partial charge in [0.25, 0.3) is 6.29 Å². The summed E-state index contributed by atoms with van der Waals surface area (Å²) < 4.78 is 22.9. The van der Waals surface area contributed by atoms with Gasteiger partial charge in [0.05, 0.1) is 34.4 Å². The van der Waals surface area contributed by atoms with Crippen molar-refractivity contribution >= 4 is 17.9 Å². The van der Waals surface area contributed by atoms with Gasteiger partial charge in [0.2, 0.25) is 0 Å². The summed E-state index contributed by atoms with van der Waals surface area (Å²) in [4.78, 5) is 37.4. The van der Waals surface area contributed by atoms with Gasteiger partial charge in [-0.25, -0.2) is 4.79 Å². The van der Waals surface area contributed by atoms with Gasteiger partial charge in [-0.1, -0.05) is 250 Å². The number of quaternary nitrogens is 1. The molecule has 0 aliphatic heterocycles. The van der Waals surface area contributed by atoms with Crippen LogP contribution in [0.15, 0.2) is 24.3 Å². The molecule has 0 aliphatic rings. The molecule has 0 aliphatic carbocycles. The van der Waals surface area contributed by atoms with Crippen LogP contribution in [0.3, 0.4) is 0 Å². The number of aliphatic carboxylic acids is 1. The molecule has 0 spiro atoms. The van der Waals surface area contributed by atoms with Crippen LogP contribution in [-0.2, 0) is 33.3 Å². The Balaban J connectivity index is 4.21. The van der Waals surface area contributed by atoms with Gasteiger partial charge in [-0.05, 0) is 44.9 Å². The molecule has 0 bridgehead atoms. The molecule has 9 nitrogen and oxygen atoms in total. The maximum Gasteiger partial charge on any atom is 0.361 e. The van der Waals surface area contributed by atoms with Crippen LogP contribution in [-0.4, -0.2) is 87.4 Å². The van der Waals surface area contributed by atoms with Crippen LogP contribution < -0.4 is 0 Å². The molecule has 0 aromatic carbocycles. The molecular formula is C60H114NO8+. The Labute approximate surface area is 427 Å². The van der Waals surface area contributed by atoms with Crippen LogP contribution in [0.1, 0.15) is 284 Å². The van der Waals surface area contributed by atoms with E-state index in [9.17, 15) is 19.5 Å². The average Bonchev–Trinajstić information content (AvgIpc) is 3.31. The number of esters is 2. The third kappa shape index (κ3) is 53.4. The van der Waals surface area contributed by atoms with Crippen molar-refractivity contribution in [3.63, 3.8) is 0 Å². The number of carboxylic acid groups (broad SMARTS) is 1. The molecule has 0 rings (SSSR count). The van der Waals surface area contributed by atoms with Crippen molar-refractivity contribution in [2.75, 3.05) is 47.5 Å². The fourth-order valence-electron chi connectivity index (χ4n) is 8.63. The summed E-state index contributed by atoms with van der Waals surface area (Å²) in [7, 11) is 5.98. The van der Waals surface area contributed by atoms with Gasteiger partial charge in [0, 0.05) is 12.8 Å². The Morgan fingerprint density at radius 2 is 0.783 bits per heavy atom. The lowest BCUT2D eigenvalue weighted by molar-refractivity contribution is -0.870. The maximum absolute atomic E-state index is 12.9. The molecule has 0 fully saturated rings. The molecule has 9 heteroatoms.